The Kier molecular flexibility index (Phi) is 3.01. The molecule has 1 aromatic rings. The zero-order valence-electron chi connectivity index (χ0n) is 7.33. The van der Waals surface area contributed by atoms with Gasteiger partial charge in [0.25, 0.3) is 0 Å². The summed E-state index contributed by atoms with van der Waals surface area (Å²) in [5.41, 5.74) is 0.718. The smallest absolute Gasteiger partial charge is 0.165 e. The maximum atomic E-state index is 12.8. The summed E-state index contributed by atoms with van der Waals surface area (Å²) < 4.78 is 12.8. The number of benzene rings is 1. The molecule has 1 aromatic carbocycles. The maximum Gasteiger partial charge on any atom is 0.165 e. The third-order valence-corrected chi connectivity index (χ3v) is 1.80. The first-order valence-electron chi connectivity index (χ1n) is 4.06. The van der Waals surface area contributed by atoms with Crippen LogP contribution >= 0.6 is 0 Å². The Bertz CT molecular complexity index is 310. The van der Waals surface area contributed by atoms with E-state index in [2.05, 4.69) is 0 Å². The fourth-order valence-corrected chi connectivity index (χ4v) is 1.10. The monoisotopic (exact) mass is 182 g/mol. The highest BCUT2D eigenvalue weighted by Crippen LogP contribution is 2.17. The van der Waals surface area contributed by atoms with Crippen LogP contribution in [-0.2, 0) is 11.2 Å². The molecule has 3 heteroatoms. The Hall–Kier alpha value is -1.38. The summed E-state index contributed by atoms with van der Waals surface area (Å²) in [5.74, 6) is -1.12. The first-order chi connectivity index (χ1) is 6.13. The van der Waals surface area contributed by atoms with Gasteiger partial charge in [-0.3, -0.25) is 0 Å². The minimum atomic E-state index is -0.643. The number of phenolic OH excluding ortho intramolecular Hbond substituents is 1. The van der Waals surface area contributed by atoms with E-state index in [9.17, 15) is 9.18 Å². The fourth-order valence-electron chi connectivity index (χ4n) is 1.10. The summed E-state index contributed by atoms with van der Waals surface area (Å²) >= 11 is 0. The second-order valence-corrected chi connectivity index (χ2v) is 3.10. The largest absolute Gasteiger partial charge is 0.505 e. The van der Waals surface area contributed by atoms with Crippen molar-refractivity contribution in [1.29, 1.82) is 0 Å². The molecule has 0 aromatic heterocycles. The lowest BCUT2D eigenvalue weighted by Gasteiger charge is -2.04. The van der Waals surface area contributed by atoms with Crippen molar-refractivity contribution in [2.75, 3.05) is 0 Å². The van der Waals surface area contributed by atoms with Gasteiger partial charge in [0, 0.05) is 5.92 Å². The molecule has 13 heavy (non-hydrogen) atoms. The molecule has 1 atom stereocenters. The molecule has 0 spiro atoms. The van der Waals surface area contributed by atoms with Crippen LogP contribution in [-0.4, -0.2) is 11.4 Å². The van der Waals surface area contributed by atoms with Crippen LogP contribution in [0, 0.1) is 11.7 Å². The SMILES string of the molecule is CC(C=O)Cc1ccc(O)c(F)c1. The van der Waals surface area contributed by atoms with Crippen molar-refractivity contribution in [3.8, 4) is 5.75 Å². The molecule has 0 amide bonds. The quantitative estimate of drug-likeness (QED) is 0.725. The number of phenols is 1. The second kappa shape index (κ2) is 4.03. The first-order valence-corrected chi connectivity index (χ1v) is 4.06. The summed E-state index contributed by atoms with van der Waals surface area (Å²) in [5, 5.41) is 8.89. The predicted molar refractivity (Wildman–Crippen MR) is 47.0 cm³/mol. The van der Waals surface area contributed by atoms with Gasteiger partial charge in [-0.25, -0.2) is 4.39 Å². The van der Waals surface area contributed by atoms with Gasteiger partial charge in [0.15, 0.2) is 11.6 Å². The number of carbonyl (C=O) groups is 1. The summed E-state index contributed by atoms with van der Waals surface area (Å²) in [6, 6.07) is 4.15. The standard InChI is InChI=1S/C10H11FO2/c1-7(6-12)4-8-2-3-10(13)9(11)5-8/h2-3,5-7,13H,4H2,1H3. The van der Waals surface area contributed by atoms with Gasteiger partial charge < -0.3 is 9.90 Å². The van der Waals surface area contributed by atoms with Gasteiger partial charge in [-0.2, -0.15) is 0 Å². The van der Waals surface area contributed by atoms with Crippen molar-refractivity contribution >= 4 is 6.29 Å². The van der Waals surface area contributed by atoms with E-state index in [0.717, 1.165) is 11.8 Å². The van der Waals surface area contributed by atoms with Crippen molar-refractivity contribution in [1.82, 2.24) is 0 Å². The molecule has 0 radical (unpaired) electrons. The summed E-state index contributed by atoms with van der Waals surface area (Å²) in [4.78, 5) is 10.3. The summed E-state index contributed by atoms with van der Waals surface area (Å²) in [6.45, 7) is 1.76. The second-order valence-electron chi connectivity index (χ2n) is 3.10. The minimum Gasteiger partial charge on any atom is -0.505 e. The number of aromatic hydroxyl groups is 1. The lowest BCUT2D eigenvalue weighted by atomic mass is 10.0. The Labute approximate surface area is 76.0 Å². The predicted octanol–water partition coefficient (Wildman–Crippen LogP) is 1.91. The van der Waals surface area contributed by atoms with E-state index in [-0.39, 0.29) is 11.7 Å². The number of rotatable bonds is 3. The topological polar surface area (TPSA) is 37.3 Å². The van der Waals surface area contributed by atoms with Crippen molar-refractivity contribution in [3.05, 3.63) is 29.6 Å². The molecule has 0 heterocycles. The highest BCUT2D eigenvalue weighted by molar-refractivity contribution is 5.53. The van der Waals surface area contributed by atoms with Crippen LogP contribution in [0.25, 0.3) is 0 Å². The van der Waals surface area contributed by atoms with Crippen molar-refractivity contribution in [3.63, 3.8) is 0 Å². The van der Waals surface area contributed by atoms with Gasteiger partial charge in [0.1, 0.15) is 6.29 Å². The highest BCUT2D eigenvalue weighted by atomic mass is 19.1. The average Bonchev–Trinajstić information content (AvgIpc) is 2.11. The average molecular weight is 182 g/mol. The lowest BCUT2D eigenvalue weighted by molar-refractivity contribution is -0.110. The number of aldehydes is 1. The van der Waals surface area contributed by atoms with Crippen LogP contribution in [0.2, 0.25) is 0 Å². The molecule has 0 aliphatic carbocycles. The third kappa shape index (κ3) is 2.54. The van der Waals surface area contributed by atoms with E-state index in [1.54, 1.807) is 13.0 Å². The maximum absolute atomic E-state index is 12.8. The minimum absolute atomic E-state index is 0.121. The molecule has 1 unspecified atom stereocenters. The molecule has 0 aliphatic heterocycles. The van der Waals surface area contributed by atoms with Gasteiger partial charge in [-0.05, 0) is 24.1 Å². The molecule has 1 N–H and O–H groups in total. The molecule has 2 nitrogen and oxygen atoms in total. The zero-order chi connectivity index (χ0) is 9.84. The molecule has 0 bridgehead atoms. The van der Waals surface area contributed by atoms with E-state index in [1.165, 1.54) is 12.1 Å². The van der Waals surface area contributed by atoms with Gasteiger partial charge >= 0.3 is 0 Å². The van der Waals surface area contributed by atoms with Gasteiger partial charge in [-0.15, -0.1) is 0 Å². The van der Waals surface area contributed by atoms with E-state index >= 15 is 0 Å². The normalized spacial score (nSPS) is 12.5. The fraction of sp³-hybridized carbons (Fsp3) is 0.300. The third-order valence-electron chi connectivity index (χ3n) is 1.80. The Balaban J connectivity index is 2.79. The van der Waals surface area contributed by atoms with Gasteiger partial charge in [0.05, 0.1) is 0 Å². The Morgan fingerprint density at radius 3 is 2.85 bits per heavy atom. The van der Waals surface area contributed by atoms with E-state index < -0.39 is 5.82 Å². The van der Waals surface area contributed by atoms with Gasteiger partial charge in [0.2, 0.25) is 0 Å². The van der Waals surface area contributed by atoms with Crippen molar-refractivity contribution in [2.24, 2.45) is 5.92 Å². The molecule has 1 rings (SSSR count). The molecule has 0 fully saturated rings. The van der Waals surface area contributed by atoms with Gasteiger partial charge in [-0.1, -0.05) is 13.0 Å². The van der Waals surface area contributed by atoms with E-state index in [0.29, 0.717) is 6.42 Å². The van der Waals surface area contributed by atoms with Crippen LogP contribution in [0.3, 0.4) is 0 Å². The number of hydrogen-bond acceptors (Lipinski definition) is 2. The number of hydrogen-bond donors (Lipinski definition) is 1. The zero-order valence-corrected chi connectivity index (χ0v) is 7.33. The summed E-state index contributed by atoms with van der Waals surface area (Å²) in [6.07, 6.45) is 1.32. The molecule has 0 saturated carbocycles. The summed E-state index contributed by atoms with van der Waals surface area (Å²) in [7, 11) is 0. The number of carbonyl (C=O) groups excluding carboxylic acids is 1. The lowest BCUT2D eigenvalue weighted by Crippen LogP contribution is -2.00. The first kappa shape index (κ1) is 9.71. The van der Waals surface area contributed by atoms with Crippen LogP contribution < -0.4 is 0 Å². The molecular weight excluding hydrogens is 171 g/mol. The van der Waals surface area contributed by atoms with E-state index in [1.807, 2.05) is 0 Å². The number of halogens is 1. The molecule has 0 aliphatic rings. The van der Waals surface area contributed by atoms with Crippen molar-refractivity contribution < 1.29 is 14.3 Å². The van der Waals surface area contributed by atoms with Crippen LogP contribution in [0.15, 0.2) is 18.2 Å². The van der Waals surface area contributed by atoms with Crippen LogP contribution in [0.1, 0.15) is 12.5 Å². The highest BCUT2D eigenvalue weighted by Gasteiger charge is 2.05. The Morgan fingerprint density at radius 1 is 1.62 bits per heavy atom. The van der Waals surface area contributed by atoms with Crippen LogP contribution in [0.5, 0.6) is 5.75 Å². The molecule has 0 saturated heterocycles. The van der Waals surface area contributed by atoms with Crippen LogP contribution in [0.4, 0.5) is 4.39 Å². The van der Waals surface area contributed by atoms with E-state index in [4.69, 9.17) is 5.11 Å². The molecular formula is C10H11FO2. The Morgan fingerprint density at radius 2 is 2.31 bits per heavy atom. The van der Waals surface area contributed by atoms with Crippen molar-refractivity contribution in [2.45, 2.75) is 13.3 Å². The molecule has 70 valence electrons.